The van der Waals surface area contributed by atoms with Crippen LogP contribution in [0, 0.1) is 0 Å². The lowest BCUT2D eigenvalue weighted by Gasteiger charge is -2.26. The number of aromatic amines is 1. The van der Waals surface area contributed by atoms with Crippen LogP contribution in [0.5, 0.6) is 0 Å². The van der Waals surface area contributed by atoms with E-state index in [1.54, 1.807) is 11.3 Å². The zero-order valence-corrected chi connectivity index (χ0v) is 13.7. The molecular weight excluding hydrogens is 306 g/mol. The van der Waals surface area contributed by atoms with Crippen LogP contribution in [0.25, 0.3) is 11.0 Å². The van der Waals surface area contributed by atoms with Crippen LogP contribution >= 0.6 is 11.3 Å². The Morgan fingerprint density at radius 1 is 1.22 bits per heavy atom. The Kier molecular flexibility index (Phi) is 3.65. The summed E-state index contributed by atoms with van der Waals surface area (Å²) in [5.74, 6) is 0.941. The number of hydrogen-bond donors (Lipinski definition) is 2. The molecule has 2 N–H and O–H groups in total. The number of nitrogens with zero attached hydrogens (tertiary/aromatic N) is 1. The van der Waals surface area contributed by atoms with E-state index in [0.29, 0.717) is 6.54 Å². The van der Waals surface area contributed by atoms with E-state index in [2.05, 4.69) is 26.7 Å². The Morgan fingerprint density at radius 3 is 2.78 bits per heavy atom. The topological polar surface area (TPSA) is 57.8 Å². The minimum atomic E-state index is -0.333. The molecule has 0 unspecified atom stereocenters. The van der Waals surface area contributed by atoms with Crippen LogP contribution in [0.3, 0.4) is 0 Å². The Hall–Kier alpha value is -2.14. The Balaban J connectivity index is 1.52. The number of hydrogen-bond acceptors (Lipinski definition) is 3. The number of imidazole rings is 1. The number of aromatic nitrogens is 2. The molecule has 2 aromatic heterocycles. The van der Waals surface area contributed by atoms with E-state index < -0.39 is 0 Å². The second-order valence-electron chi connectivity index (χ2n) is 6.15. The van der Waals surface area contributed by atoms with Gasteiger partial charge in [-0.05, 0) is 36.4 Å². The summed E-state index contributed by atoms with van der Waals surface area (Å²) < 4.78 is 0. The maximum atomic E-state index is 12.9. The van der Waals surface area contributed by atoms with E-state index in [1.165, 1.54) is 4.88 Å². The molecule has 118 valence electrons. The number of fused-ring (bicyclic) bond motifs is 1. The molecule has 5 heteroatoms. The highest BCUT2D eigenvalue weighted by Gasteiger charge is 2.43. The van der Waals surface area contributed by atoms with Crippen molar-refractivity contribution in [2.24, 2.45) is 0 Å². The van der Waals surface area contributed by atoms with Crippen LogP contribution in [-0.2, 0) is 16.8 Å². The molecule has 2 heterocycles. The van der Waals surface area contributed by atoms with Gasteiger partial charge in [-0.15, -0.1) is 11.3 Å². The quantitative estimate of drug-likeness (QED) is 0.767. The maximum Gasteiger partial charge on any atom is 0.231 e. The highest BCUT2D eigenvalue weighted by Crippen LogP contribution is 2.43. The van der Waals surface area contributed by atoms with Gasteiger partial charge in [0, 0.05) is 4.88 Å². The van der Waals surface area contributed by atoms with Gasteiger partial charge in [0.15, 0.2) is 0 Å². The first-order valence-electron chi connectivity index (χ1n) is 8.04. The number of benzene rings is 1. The molecule has 1 aliphatic carbocycles. The zero-order chi connectivity index (χ0) is 15.7. The third kappa shape index (κ3) is 2.55. The number of nitrogens with one attached hydrogen (secondary N) is 2. The molecule has 1 saturated carbocycles. The van der Waals surface area contributed by atoms with E-state index >= 15 is 0 Å². The lowest BCUT2D eigenvalue weighted by molar-refractivity contribution is -0.126. The fourth-order valence-corrected chi connectivity index (χ4v) is 4.52. The molecule has 1 aromatic carbocycles. The minimum absolute atomic E-state index is 0.137. The largest absolute Gasteiger partial charge is 0.348 e. The van der Waals surface area contributed by atoms with Crippen molar-refractivity contribution in [3.05, 3.63) is 52.5 Å². The van der Waals surface area contributed by atoms with Gasteiger partial charge in [0.05, 0.1) is 23.0 Å². The van der Waals surface area contributed by atoms with Gasteiger partial charge in [-0.2, -0.15) is 0 Å². The molecule has 0 radical (unpaired) electrons. The van der Waals surface area contributed by atoms with Crippen LogP contribution in [0.4, 0.5) is 0 Å². The van der Waals surface area contributed by atoms with Gasteiger partial charge < -0.3 is 10.3 Å². The molecule has 4 rings (SSSR count). The number of rotatable bonds is 4. The smallest absolute Gasteiger partial charge is 0.231 e. The van der Waals surface area contributed by atoms with Gasteiger partial charge in [0.1, 0.15) is 5.82 Å². The Morgan fingerprint density at radius 2 is 2.04 bits per heavy atom. The number of thiophene rings is 1. The normalized spacial score (nSPS) is 16.7. The first kappa shape index (κ1) is 14.5. The molecule has 1 fully saturated rings. The van der Waals surface area contributed by atoms with E-state index in [4.69, 9.17) is 0 Å². The molecule has 1 aliphatic rings. The standard InChI is InChI=1S/C18H19N3OS/c22-17(18(9-3-4-10-18)15-8-5-11-23-15)19-12-16-20-13-6-1-2-7-14(13)21-16/h1-2,5-8,11H,3-4,9-10,12H2,(H,19,22)(H,20,21). The third-order valence-electron chi connectivity index (χ3n) is 4.74. The van der Waals surface area contributed by atoms with Gasteiger partial charge >= 0.3 is 0 Å². The summed E-state index contributed by atoms with van der Waals surface area (Å²) in [7, 11) is 0. The van der Waals surface area contributed by atoms with Crippen molar-refractivity contribution in [2.75, 3.05) is 0 Å². The lowest BCUT2D eigenvalue weighted by Crippen LogP contribution is -2.41. The number of amides is 1. The molecule has 0 aliphatic heterocycles. The maximum absolute atomic E-state index is 12.9. The van der Waals surface area contributed by atoms with Crippen molar-refractivity contribution in [1.29, 1.82) is 0 Å². The highest BCUT2D eigenvalue weighted by molar-refractivity contribution is 7.10. The summed E-state index contributed by atoms with van der Waals surface area (Å²) in [5.41, 5.74) is 1.61. The van der Waals surface area contributed by atoms with Crippen LogP contribution < -0.4 is 5.32 Å². The summed E-state index contributed by atoms with van der Waals surface area (Å²) >= 11 is 1.69. The Bertz CT molecular complexity index is 783. The van der Waals surface area contributed by atoms with E-state index in [9.17, 15) is 4.79 Å². The van der Waals surface area contributed by atoms with Crippen molar-refractivity contribution >= 4 is 28.3 Å². The van der Waals surface area contributed by atoms with Gasteiger partial charge in [0.25, 0.3) is 0 Å². The SMILES string of the molecule is O=C(NCc1nc2ccccc2[nH]1)C1(c2cccs2)CCCC1. The number of H-pyrrole nitrogens is 1. The molecule has 23 heavy (non-hydrogen) atoms. The van der Waals surface area contributed by atoms with Crippen LogP contribution in [0.1, 0.15) is 36.4 Å². The van der Waals surface area contributed by atoms with Crippen molar-refractivity contribution in [2.45, 2.75) is 37.6 Å². The summed E-state index contributed by atoms with van der Waals surface area (Å²) in [6, 6.07) is 12.0. The van der Waals surface area contributed by atoms with Crippen molar-refractivity contribution < 1.29 is 4.79 Å². The minimum Gasteiger partial charge on any atom is -0.348 e. The van der Waals surface area contributed by atoms with Crippen LogP contribution in [0.15, 0.2) is 41.8 Å². The molecule has 0 atom stereocenters. The van der Waals surface area contributed by atoms with Gasteiger partial charge in [-0.1, -0.05) is 31.0 Å². The van der Waals surface area contributed by atoms with Gasteiger partial charge in [-0.3, -0.25) is 4.79 Å². The second kappa shape index (κ2) is 5.81. The van der Waals surface area contributed by atoms with Crippen molar-refractivity contribution in [3.63, 3.8) is 0 Å². The molecule has 3 aromatic rings. The van der Waals surface area contributed by atoms with Crippen molar-refractivity contribution in [3.8, 4) is 0 Å². The molecular formula is C18H19N3OS. The lowest BCUT2D eigenvalue weighted by atomic mass is 9.83. The predicted octanol–water partition coefficient (Wildman–Crippen LogP) is 3.75. The average Bonchev–Trinajstić information content (AvgIpc) is 3.32. The van der Waals surface area contributed by atoms with Crippen LogP contribution in [0.2, 0.25) is 0 Å². The second-order valence-corrected chi connectivity index (χ2v) is 7.10. The number of carbonyl (C=O) groups is 1. The first-order valence-corrected chi connectivity index (χ1v) is 8.92. The molecule has 4 nitrogen and oxygen atoms in total. The summed E-state index contributed by atoms with van der Waals surface area (Å²) in [6.45, 7) is 0.445. The van der Waals surface area contributed by atoms with Crippen LogP contribution in [-0.4, -0.2) is 15.9 Å². The summed E-state index contributed by atoms with van der Waals surface area (Å²) in [4.78, 5) is 21.9. The van der Waals surface area contributed by atoms with Crippen molar-refractivity contribution in [1.82, 2.24) is 15.3 Å². The van der Waals surface area contributed by atoms with E-state index in [-0.39, 0.29) is 11.3 Å². The average molecular weight is 325 g/mol. The number of carbonyl (C=O) groups excluding carboxylic acids is 1. The Labute approximate surface area is 138 Å². The third-order valence-corrected chi connectivity index (χ3v) is 5.81. The highest BCUT2D eigenvalue weighted by atomic mass is 32.1. The van der Waals surface area contributed by atoms with E-state index in [0.717, 1.165) is 42.5 Å². The zero-order valence-electron chi connectivity index (χ0n) is 12.8. The van der Waals surface area contributed by atoms with Gasteiger partial charge in [-0.25, -0.2) is 4.98 Å². The molecule has 0 saturated heterocycles. The summed E-state index contributed by atoms with van der Waals surface area (Å²) in [5, 5.41) is 5.16. The predicted molar refractivity (Wildman–Crippen MR) is 92.4 cm³/mol. The first-order chi connectivity index (χ1) is 11.3. The molecule has 1 amide bonds. The number of para-hydroxylation sites is 2. The van der Waals surface area contributed by atoms with E-state index in [1.807, 2.05) is 30.3 Å². The molecule has 0 spiro atoms. The molecule has 0 bridgehead atoms. The fraction of sp³-hybridized carbons (Fsp3) is 0.333. The monoisotopic (exact) mass is 325 g/mol. The summed E-state index contributed by atoms with van der Waals surface area (Å²) in [6.07, 6.45) is 4.13. The van der Waals surface area contributed by atoms with Gasteiger partial charge in [0.2, 0.25) is 5.91 Å². The fourth-order valence-electron chi connectivity index (χ4n) is 3.54.